The van der Waals surface area contributed by atoms with Crippen LogP contribution in [-0.2, 0) is 30.0 Å². The van der Waals surface area contributed by atoms with Crippen molar-refractivity contribution in [2.75, 3.05) is 13.1 Å². The smallest absolute Gasteiger partial charge is 0.328 e. The molecular formula is C41H57N9O9S. The molecule has 3 aromatic rings. The molecule has 5 atom stereocenters. The van der Waals surface area contributed by atoms with Crippen molar-refractivity contribution in [1.82, 2.24) is 40.6 Å². The Hall–Kier alpha value is -5.14. The van der Waals surface area contributed by atoms with Crippen LogP contribution in [0.2, 0.25) is 0 Å². The highest BCUT2D eigenvalue weighted by Gasteiger charge is 2.45. The van der Waals surface area contributed by atoms with E-state index in [-0.39, 0.29) is 38.3 Å². The lowest BCUT2D eigenvalue weighted by Gasteiger charge is -2.32. The molecule has 6 rings (SSSR count). The van der Waals surface area contributed by atoms with Gasteiger partial charge in [-0.25, -0.2) is 22.6 Å². The number of aliphatic hydroxyl groups excluding tert-OH is 1. The molecule has 18 nitrogen and oxygen atoms in total. The predicted molar refractivity (Wildman–Crippen MR) is 220 cm³/mol. The van der Waals surface area contributed by atoms with Crippen LogP contribution in [0.4, 0.5) is 4.79 Å². The molecule has 3 aliphatic rings. The average Bonchev–Trinajstić information content (AvgIpc) is 3.80. The van der Waals surface area contributed by atoms with Gasteiger partial charge in [0, 0.05) is 25.1 Å². The van der Waals surface area contributed by atoms with Crippen LogP contribution < -0.4 is 26.4 Å². The zero-order chi connectivity index (χ0) is 43.2. The summed E-state index contributed by atoms with van der Waals surface area (Å²) in [6.45, 7) is 3.19. The van der Waals surface area contributed by atoms with Crippen LogP contribution in [-0.4, -0.2) is 111 Å². The molecule has 1 aliphatic heterocycles. The number of fused-ring (bicyclic) bond motifs is 1. The molecule has 2 aromatic carbocycles. The van der Waals surface area contributed by atoms with Gasteiger partial charge in [-0.05, 0) is 81.2 Å². The van der Waals surface area contributed by atoms with Gasteiger partial charge >= 0.3 is 6.03 Å². The minimum atomic E-state index is -3.73. The molecule has 19 heteroatoms. The average molecular weight is 852 g/mol. The number of unbranched alkanes of at least 4 members (excludes halogenated alkanes) is 1. The summed E-state index contributed by atoms with van der Waals surface area (Å²) >= 11 is 0. The fraction of sp³-hybridized carbons (Fsp3) is 0.585. The number of primary amides is 1. The van der Waals surface area contributed by atoms with Gasteiger partial charge in [0.1, 0.15) is 17.7 Å². The Kier molecular flexibility index (Phi) is 14.1. The number of benzene rings is 2. The van der Waals surface area contributed by atoms with E-state index in [1.54, 1.807) is 26.0 Å². The number of aliphatic hydroxyl groups is 2. The Balaban J connectivity index is 1.21. The Morgan fingerprint density at radius 1 is 0.967 bits per heavy atom. The van der Waals surface area contributed by atoms with Crippen molar-refractivity contribution >= 4 is 50.5 Å². The zero-order valence-electron chi connectivity index (χ0n) is 34.1. The summed E-state index contributed by atoms with van der Waals surface area (Å²) in [5.74, 6) is -2.52. The molecule has 8 N–H and O–H groups in total. The van der Waals surface area contributed by atoms with Crippen LogP contribution in [0.25, 0.3) is 10.8 Å². The third-order valence-corrected chi connectivity index (χ3v) is 13.6. The lowest BCUT2D eigenvalue weighted by atomic mass is 9.84. The van der Waals surface area contributed by atoms with E-state index in [9.17, 15) is 42.6 Å². The van der Waals surface area contributed by atoms with Gasteiger partial charge in [0.15, 0.2) is 6.10 Å². The molecule has 0 radical (unpaired) electrons. The lowest BCUT2D eigenvalue weighted by Crippen LogP contribution is -2.57. The Labute approximate surface area is 349 Å². The number of rotatable bonds is 18. The number of amides is 6. The monoisotopic (exact) mass is 851 g/mol. The molecule has 3 fully saturated rings. The minimum absolute atomic E-state index is 0.0242. The van der Waals surface area contributed by atoms with Gasteiger partial charge in [0.25, 0.3) is 5.91 Å². The normalized spacial score (nSPS) is 20.2. The molecular weight excluding hydrogens is 795 g/mol. The largest absolute Gasteiger partial charge is 0.384 e. The van der Waals surface area contributed by atoms with E-state index in [1.807, 2.05) is 35.1 Å². The third kappa shape index (κ3) is 11.2. The molecule has 2 heterocycles. The summed E-state index contributed by atoms with van der Waals surface area (Å²) in [5.41, 5.74) is 4.86. The van der Waals surface area contributed by atoms with Crippen LogP contribution in [0.5, 0.6) is 0 Å². The third-order valence-electron chi connectivity index (χ3n) is 11.7. The van der Waals surface area contributed by atoms with Gasteiger partial charge in [0.05, 0.1) is 29.2 Å². The molecule has 6 amide bonds. The standard InChI is InChI=1S/C41H57N9O9S/c1-41(2,57)34-23-44-48-50(34)29-22-33(38(54)45-31(35(51)36(42)52)14-8-9-19-43-40(56)47-60(58,59)30-17-18-30)49(24-29)39(55)32(20-25-10-4-3-5-11-25)46-37(53)28-16-15-26-12-6-7-13-27(26)21-28/h6-7,12-13,15-16,21,23,25,29-33,35,51,57H,3-5,8-11,14,17-20,22,24H2,1-2H3,(H2,42,52)(H,45,54)(H,46,53)(H2,43,47,56)/t29-,31?,32+,33-,35?/m0/s1. The number of nitrogens with two attached hydrogens (primary N) is 1. The summed E-state index contributed by atoms with van der Waals surface area (Å²) in [4.78, 5) is 69.0. The van der Waals surface area contributed by atoms with Gasteiger partial charge in [-0.1, -0.05) is 67.6 Å². The van der Waals surface area contributed by atoms with Crippen LogP contribution >= 0.6 is 0 Å². The second-order valence-corrected chi connectivity index (χ2v) is 18.9. The second-order valence-electron chi connectivity index (χ2n) is 16.9. The molecule has 0 bridgehead atoms. The highest BCUT2D eigenvalue weighted by atomic mass is 32.2. The lowest BCUT2D eigenvalue weighted by molar-refractivity contribution is -0.141. The van der Waals surface area contributed by atoms with Gasteiger partial charge in [-0.2, -0.15) is 0 Å². The second kappa shape index (κ2) is 19.1. The van der Waals surface area contributed by atoms with Crippen molar-refractivity contribution in [3.05, 3.63) is 59.9 Å². The van der Waals surface area contributed by atoms with E-state index in [4.69, 9.17) is 5.73 Å². The summed E-state index contributed by atoms with van der Waals surface area (Å²) in [6, 6.07) is 8.13. The number of nitrogens with one attached hydrogen (secondary N) is 4. The maximum Gasteiger partial charge on any atom is 0.328 e. The fourth-order valence-electron chi connectivity index (χ4n) is 8.29. The van der Waals surface area contributed by atoms with E-state index in [0.29, 0.717) is 36.9 Å². The molecule has 2 saturated carbocycles. The van der Waals surface area contributed by atoms with Crippen molar-refractivity contribution in [3.63, 3.8) is 0 Å². The Morgan fingerprint density at radius 3 is 2.37 bits per heavy atom. The minimum Gasteiger partial charge on any atom is -0.384 e. The van der Waals surface area contributed by atoms with Crippen molar-refractivity contribution in [2.45, 2.75) is 132 Å². The number of nitrogens with zero attached hydrogens (tertiary/aromatic N) is 4. The quantitative estimate of drug-likeness (QED) is 0.0909. The molecule has 0 spiro atoms. The van der Waals surface area contributed by atoms with E-state index in [2.05, 4.69) is 26.3 Å². The summed E-state index contributed by atoms with van der Waals surface area (Å²) in [5, 5.41) is 39.5. The molecule has 2 aliphatic carbocycles. The predicted octanol–water partition coefficient (Wildman–Crippen LogP) is 1.86. The van der Waals surface area contributed by atoms with Crippen molar-refractivity contribution in [2.24, 2.45) is 11.7 Å². The van der Waals surface area contributed by atoms with E-state index in [1.165, 1.54) is 15.8 Å². The first-order valence-corrected chi connectivity index (χ1v) is 22.4. The Bertz CT molecular complexity index is 2150. The zero-order valence-corrected chi connectivity index (χ0v) is 34.9. The van der Waals surface area contributed by atoms with Crippen molar-refractivity contribution < 1.29 is 42.6 Å². The number of sulfonamides is 1. The SMILES string of the molecule is CC(C)(O)c1cnnn1[C@H]1C[C@@H](C(=O)NC(CCCCNC(=O)NS(=O)(=O)C2CC2)C(O)C(N)=O)N(C(=O)[C@@H](CC2CCCCC2)NC(=O)c2ccc3ccccc3c2)C1. The van der Waals surface area contributed by atoms with Crippen LogP contribution in [0.1, 0.15) is 113 Å². The Morgan fingerprint density at radius 2 is 1.68 bits per heavy atom. The van der Waals surface area contributed by atoms with Crippen LogP contribution in [0.15, 0.2) is 48.7 Å². The summed E-state index contributed by atoms with van der Waals surface area (Å²) in [7, 11) is -3.73. The number of carbonyl (C=O) groups excluding carboxylic acids is 5. The van der Waals surface area contributed by atoms with Crippen LogP contribution in [0, 0.1) is 5.92 Å². The van der Waals surface area contributed by atoms with E-state index < -0.39 is 80.8 Å². The van der Waals surface area contributed by atoms with Crippen molar-refractivity contribution in [1.29, 1.82) is 0 Å². The molecule has 1 aromatic heterocycles. The van der Waals surface area contributed by atoms with Crippen LogP contribution in [0.3, 0.4) is 0 Å². The topological polar surface area (TPSA) is 268 Å². The van der Waals surface area contributed by atoms with Gasteiger partial charge in [-0.15, -0.1) is 5.10 Å². The van der Waals surface area contributed by atoms with Gasteiger partial charge in [-0.3, -0.25) is 19.2 Å². The molecule has 1 saturated heterocycles. The molecule has 2 unspecified atom stereocenters. The first-order valence-electron chi connectivity index (χ1n) is 20.8. The summed E-state index contributed by atoms with van der Waals surface area (Å²) < 4.78 is 27.6. The number of aromatic nitrogens is 3. The first kappa shape index (κ1) is 44.4. The first-order chi connectivity index (χ1) is 28.5. The highest BCUT2D eigenvalue weighted by molar-refractivity contribution is 7.90. The van der Waals surface area contributed by atoms with E-state index >= 15 is 0 Å². The maximum absolute atomic E-state index is 14.9. The number of urea groups is 1. The number of hydrogen-bond acceptors (Lipinski definition) is 11. The van der Waals surface area contributed by atoms with Gasteiger partial charge in [0.2, 0.25) is 27.7 Å². The van der Waals surface area contributed by atoms with Gasteiger partial charge < -0.3 is 36.8 Å². The highest BCUT2D eigenvalue weighted by Crippen LogP contribution is 2.34. The van der Waals surface area contributed by atoms with Crippen molar-refractivity contribution in [3.8, 4) is 0 Å². The molecule has 326 valence electrons. The number of likely N-dealkylation sites (tertiary alicyclic amines) is 1. The molecule has 60 heavy (non-hydrogen) atoms. The maximum atomic E-state index is 14.9. The number of carbonyl (C=O) groups is 5. The number of hydrogen-bond donors (Lipinski definition) is 7. The fourth-order valence-corrected chi connectivity index (χ4v) is 9.54. The summed E-state index contributed by atoms with van der Waals surface area (Å²) in [6.07, 6.45) is 6.49. The van der Waals surface area contributed by atoms with E-state index in [0.717, 1.165) is 42.9 Å².